The molecule has 1 saturated carbocycles. The van der Waals surface area contributed by atoms with E-state index in [1.807, 2.05) is 0 Å². The molecule has 0 aromatic carbocycles. The molecule has 1 rings (SSSR count). The summed E-state index contributed by atoms with van der Waals surface area (Å²) in [7, 11) is -0.535. The molecule has 1 fully saturated rings. The lowest BCUT2D eigenvalue weighted by atomic mass is 9.76. The van der Waals surface area contributed by atoms with Crippen LogP contribution in [0.4, 0.5) is 0 Å². The van der Waals surface area contributed by atoms with Gasteiger partial charge < -0.3 is 14.3 Å². The largest absolute Gasteiger partial charge is 0.469 e. The number of carbonyl (C=O) groups is 1. The SMILES string of the molecule is CCC1CC(C(=O)OC)CC(O[Si](C)(C)C(C)(C)C)C1O. The van der Waals surface area contributed by atoms with Crippen molar-refractivity contribution in [3.63, 3.8) is 0 Å². The highest BCUT2D eigenvalue weighted by atomic mass is 28.4. The maximum Gasteiger partial charge on any atom is 0.308 e. The van der Waals surface area contributed by atoms with E-state index in [4.69, 9.17) is 9.16 Å². The second kappa shape index (κ2) is 6.80. The van der Waals surface area contributed by atoms with Gasteiger partial charge in [0, 0.05) is 0 Å². The molecule has 0 saturated heterocycles. The summed E-state index contributed by atoms with van der Waals surface area (Å²) in [5.41, 5.74) is 0. The predicted molar refractivity (Wildman–Crippen MR) is 86.6 cm³/mol. The van der Waals surface area contributed by atoms with E-state index < -0.39 is 14.4 Å². The van der Waals surface area contributed by atoms with Crippen molar-refractivity contribution in [1.82, 2.24) is 0 Å². The average molecular weight is 317 g/mol. The molecule has 0 heterocycles. The summed E-state index contributed by atoms with van der Waals surface area (Å²) in [6, 6.07) is 0. The summed E-state index contributed by atoms with van der Waals surface area (Å²) in [5, 5.41) is 10.7. The number of ether oxygens (including phenoxy) is 1. The van der Waals surface area contributed by atoms with Crippen LogP contribution in [0.3, 0.4) is 0 Å². The Kier molecular flexibility index (Phi) is 6.04. The van der Waals surface area contributed by atoms with E-state index in [1.165, 1.54) is 7.11 Å². The van der Waals surface area contributed by atoms with E-state index in [1.54, 1.807) is 0 Å². The Balaban J connectivity index is 2.90. The second-order valence-electron chi connectivity index (χ2n) is 7.77. The summed E-state index contributed by atoms with van der Waals surface area (Å²) < 4.78 is 11.3. The number of rotatable bonds is 4. The Labute approximate surface area is 130 Å². The van der Waals surface area contributed by atoms with Crippen molar-refractivity contribution in [2.45, 2.75) is 77.3 Å². The molecule has 0 radical (unpaired) electrons. The lowest BCUT2D eigenvalue weighted by Crippen LogP contribution is -2.52. The van der Waals surface area contributed by atoms with Crippen LogP contribution in [0.25, 0.3) is 0 Å². The molecule has 4 atom stereocenters. The van der Waals surface area contributed by atoms with E-state index in [9.17, 15) is 9.90 Å². The number of aliphatic hydroxyl groups excluding tert-OH is 1. The number of esters is 1. The first-order valence-corrected chi connectivity index (χ1v) is 10.9. The molecule has 124 valence electrons. The van der Waals surface area contributed by atoms with Crippen molar-refractivity contribution < 1.29 is 19.1 Å². The Morgan fingerprint density at radius 2 is 1.86 bits per heavy atom. The van der Waals surface area contributed by atoms with E-state index >= 15 is 0 Å². The van der Waals surface area contributed by atoms with Gasteiger partial charge >= 0.3 is 5.97 Å². The summed E-state index contributed by atoms with van der Waals surface area (Å²) in [6.07, 6.45) is 1.38. The van der Waals surface area contributed by atoms with Gasteiger partial charge in [-0.25, -0.2) is 0 Å². The minimum Gasteiger partial charge on any atom is -0.469 e. The Bertz CT molecular complexity index is 362. The van der Waals surface area contributed by atoms with E-state index in [0.29, 0.717) is 12.8 Å². The minimum absolute atomic E-state index is 0.0899. The quantitative estimate of drug-likeness (QED) is 0.638. The smallest absolute Gasteiger partial charge is 0.308 e. The number of carbonyl (C=O) groups excluding carboxylic acids is 1. The maximum atomic E-state index is 11.9. The van der Waals surface area contributed by atoms with Gasteiger partial charge in [0.25, 0.3) is 0 Å². The third kappa shape index (κ3) is 4.30. The monoisotopic (exact) mass is 316 g/mol. The van der Waals surface area contributed by atoms with Gasteiger partial charge in [-0.15, -0.1) is 0 Å². The molecule has 0 spiro atoms. The number of aliphatic hydroxyl groups is 1. The Morgan fingerprint density at radius 1 is 1.29 bits per heavy atom. The molecule has 0 aromatic heterocycles. The first-order valence-electron chi connectivity index (χ1n) is 7.97. The molecule has 1 aliphatic rings. The normalized spacial score (nSPS) is 31.0. The molecule has 0 aromatic rings. The van der Waals surface area contributed by atoms with Crippen molar-refractivity contribution in [1.29, 1.82) is 0 Å². The van der Waals surface area contributed by atoms with Gasteiger partial charge in [-0.3, -0.25) is 4.79 Å². The van der Waals surface area contributed by atoms with Gasteiger partial charge in [0.05, 0.1) is 25.2 Å². The van der Waals surface area contributed by atoms with Crippen molar-refractivity contribution in [3.8, 4) is 0 Å². The zero-order valence-corrected chi connectivity index (χ0v) is 15.6. The molecule has 4 unspecified atom stereocenters. The molecule has 5 heteroatoms. The molecule has 0 aliphatic heterocycles. The van der Waals surface area contributed by atoms with Crippen LogP contribution in [0, 0.1) is 11.8 Å². The summed E-state index contributed by atoms with van der Waals surface area (Å²) in [6.45, 7) is 13.0. The van der Waals surface area contributed by atoms with Crippen LogP contribution < -0.4 is 0 Å². The number of methoxy groups -OCH3 is 1. The summed E-state index contributed by atoms with van der Waals surface area (Å²) in [5.74, 6) is -0.222. The third-order valence-electron chi connectivity index (χ3n) is 5.28. The fourth-order valence-electron chi connectivity index (χ4n) is 2.76. The number of hydrogen-bond donors (Lipinski definition) is 1. The standard InChI is InChI=1S/C16H32O4Si/c1-8-11-9-12(15(18)19-5)10-13(14(11)17)20-21(6,7)16(2,3)4/h11-14,17H,8-10H2,1-7H3. The molecule has 1 N–H and O–H groups in total. The van der Waals surface area contributed by atoms with Crippen LogP contribution in [0.15, 0.2) is 0 Å². The first kappa shape index (κ1) is 18.7. The topological polar surface area (TPSA) is 55.8 Å². The highest BCUT2D eigenvalue weighted by Gasteiger charge is 2.45. The minimum atomic E-state index is -1.96. The van der Waals surface area contributed by atoms with Crippen molar-refractivity contribution in [2.75, 3.05) is 7.11 Å². The fraction of sp³-hybridized carbons (Fsp3) is 0.938. The van der Waals surface area contributed by atoms with E-state index in [0.717, 1.165) is 6.42 Å². The van der Waals surface area contributed by atoms with Crippen LogP contribution in [0.5, 0.6) is 0 Å². The van der Waals surface area contributed by atoms with Crippen LogP contribution in [-0.2, 0) is 14.0 Å². The van der Waals surface area contributed by atoms with Crippen molar-refractivity contribution in [2.24, 2.45) is 11.8 Å². The summed E-state index contributed by atoms with van der Waals surface area (Å²) >= 11 is 0. The second-order valence-corrected chi connectivity index (χ2v) is 12.5. The van der Waals surface area contributed by atoms with Gasteiger partial charge in [0.1, 0.15) is 0 Å². The molecular formula is C16H32O4Si. The van der Waals surface area contributed by atoms with Crippen LogP contribution in [0.1, 0.15) is 47.0 Å². The van der Waals surface area contributed by atoms with Crippen LogP contribution in [-0.4, -0.2) is 38.7 Å². The Hall–Kier alpha value is -0.393. The van der Waals surface area contributed by atoms with Crippen LogP contribution >= 0.6 is 0 Å². The predicted octanol–water partition coefficient (Wildman–Crippen LogP) is 3.35. The zero-order chi connectivity index (χ0) is 16.4. The van der Waals surface area contributed by atoms with Crippen molar-refractivity contribution in [3.05, 3.63) is 0 Å². The summed E-state index contributed by atoms with van der Waals surface area (Å²) in [4.78, 5) is 11.9. The molecule has 0 bridgehead atoms. The number of hydrogen-bond acceptors (Lipinski definition) is 4. The van der Waals surface area contributed by atoms with Gasteiger partial charge in [0.15, 0.2) is 8.32 Å². The maximum absolute atomic E-state index is 11.9. The lowest BCUT2D eigenvalue weighted by molar-refractivity contribution is -0.152. The molecule has 4 nitrogen and oxygen atoms in total. The van der Waals surface area contributed by atoms with Crippen LogP contribution in [0.2, 0.25) is 18.1 Å². The molecule has 0 amide bonds. The van der Waals surface area contributed by atoms with Gasteiger partial charge in [0.2, 0.25) is 0 Å². The Morgan fingerprint density at radius 3 is 2.29 bits per heavy atom. The van der Waals surface area contributed by atoms with Gasteiger partial charge in [-0.2, -0.15) is 0 Å². The average Bonchev–Trinajstić information content (AvgIpc) is 2.38. The molecule has 21 heavy (non-hydrogen) atoms. The lowest BCUT2D eigenvalue weighted by Gasteiger charge is -2.45. The van der Waals surface area contributed by atoms with Gasteiger partial charge in [-0.05, 0) is 36.9 Å². The molecular weight excluding hydrogens is 284 g/mol. The highest BCUT2D eigenvalue weighted by Crippen LogP contribution is 2.41. The van der Waals surface area contributed by atoms with Gasteiger partial charge in [-0.1, -0.05) is 34.1 Å². The third-order valence-corrected chi connectivity index (χ3v) is 9.78. The first-order chi connectivity index (χ1) is 9.53. The molecule has 1 aliphatic carbocycles. The van der Waals surface area contributed by atoms with E-state index in [2.05, 4.69) is 40.8 Å². The van der Waals surface area contributed by atoms with Crippen molar-refractivity contribution >= 4 is 14.3 Å². The van der Waals surface area contributed by atoms with E-state index in [-0.39, 0.29) is 28.9 Å². The zero-order valence-electron chi connectivity index (χ0n) is 14.6. The highest BCUT2D eigenvalue weighted by molar-refractivity contribution is 6.74. The fourth-order valence-corrected chi connectivity index (χ4v) is 4.11.